The molecule has 22 heavy (non-hydrogen) atoms. The summed E-state index contributed by atoms with van der Waals surface area (Å²) >= 11 is 0. The fraction of sp³-hybridized carbons (Fsp3) is 0.833. The van der Waals surface area contributed by atoms with Crippen molar-refractivity contribution in [3.63, 3.8) is 0 Å². The monoisotopic (exact) mass is 344 g/mol. The molecule has 0 amide bonds. The van der Waals surface area contributed by atoms with Crippen LogP contribution >= 0.6 is 0 Å². The van der Waals surface area contributed by atoms with Gasteiger partial charge in [0.1, 0.15) is 0 Å². The fourth-order valence-electron chi connectivity index (χ4n) is 2.81. The number of hydrogen-bond acceptors (Lipinski definition) is 1. The number of alkyl halides is 9. The molecule has 0 saturated heterocycles. The highest BCUT2D eigenvalue weighted by molar-refractivity contribution is 5.03. The molecule has 0 spiro atoms. The molecule has 1 aliphatic rings. The number of ether oxygens (including phenoxy) is 1. The lowest BCUT2D eigenvalue weighted by molar-refractivity contribution is -0.388. The molecule has 1 saturated carbocycles. The van der Waals surface area contributed by atoms with Crippen LogP contribution < -0.4 is 0 Å². The Morgan fingerprint density at radius 3 is 1.36 bits per heavy atom. The first-order chi connectivity index (χ1) is 9.77. The molecular weight excluding hydrogens is 331 g/mol. The second kappa shape index (κ2) is 5.84. The molecule has 0 atom stereocenters. The van der Waals surface area contributed by atoms with Crippen LogP contribution in [0.2, 0.25) is 0 Å². The average Bonchev–Trinajstić information content (AvgIpc) is 2.32. The van der Waals surface area contributed by atoms with E-state index >= 15 is 0 Å². The molecule has 1 fully saturated rings. The minimum absolute atomic E-state index is 0.0246. The molecule has 10 heteroatoms. The van der Waals surface area contributed by atoms with Crippen molar-refractivity contribution in [3.8, 4) is 0 Å². The predicted octanol–water partition coefficient (Wildman–Crippen LogP) is 5.38. The van der Waals surface area contributed by atoms with Crippen LogP contribution in [0.15, 0.2) is 12.8 Å². The molecule has 1 nitrogen and oxygen atoms in total. The van der Waals surface area contributed by atoms with Gasteiger partial charge in [-0.3, -0.25) is 0 Å². The first-order valence-electron chi connectivity index (χ1n) is 6.26. The van der Waals surface area contributed by atoms with E-state index in [0.29, 0.717) is 0 Å². The topological polar surface area (TPSA) is 9.23 Å². The third-order valence-corrected chi connectivity index (χ3v) is 3.88. The first kappa shape index (κ1) is 19.0. The molecule has 0 aliphatic heterocycles. The van der Waals surface area contributed by atoms with Crippen LogP contribution in [-0.2, 0) is 4.74 Å². The van der Waals surface area contributed by atoms with Gasteiger partial charge in [0.05, 0.1) is 12.2 Å². The van der Waals surface area contributed by atoms with E-state index in [0.717, 1.165) is 0 Å². The van der Waals surface area contributed by atoms with Crippen LogP contribution in [0.4, 0.5) is 39.5 Å². The van der Waals surface area contributed by atoms with Crippen LogP contribution in [0.5, 0.6) is 0 Å². The smallest absolute Gasteiger partial charge is 0.437 e. The van der Waals surface area contributed by atoms with Gasteiger partial charge in [0.2, 0.25) is 0 Å². The first-order valence-corrected chi connectivity index (χ1v) is 6.26. The van der Waals surface area contributed by atoms with Gasteiger partial charge in [-0.2, -0.15) is 39.5 Å². The van der Waals surface area contributed by atoms with Crippen molar-refractivity contribution in [2.75, 3.05) is 0 Å². The van der Waals surface area contributed by atoms with Gasteiger partial charge < -0.3 is 4.74 Å². The van der Waals surface area contributed by atoms with E-state index in [1.165, 1.54) is 0 Å². The number of hydrogen-bond donors (Lipinski definition) is 0. The number of halogens is 9. The molecule has 0 bridgehead atoms. The standard InChI is InChI=1S/C12H13F9O/c1-2-22-9(11(16,17)18,12(19,20)21)7-3-5-8(6-4-7)10(13,14)15/h2,7-8H,1,3-6H2. The molecule has 0 radical (unpaired) electrons. The lowest BCUT2D eigenvalue weighted by atomic mass is 9.72. The van der Waals surface area contributed by atoms with Crippen molar-refractivity contribution < 1.29 is 44.3 Å². The Morgan fingerprint density at radius 1 is 0.727 bits per heavy atom. The molecule has 0 N–H and O–H groups in total. The average molecular weight is 344 g/mol. The minimum Gasteiger partial charge on any atom is -0.477 e. The van der Waals surface area contributed by atoms with E-state index in [4.69, 9.17) is 0 Å². The van der Waals surface area contributed by atoms with Crippen LogP contribution in [0.3, 0.4) is 0 Å². The Bertz CT molecular complexity index is 371. The molecule has 0 unspecified atom stereocenters. The van der Waals surface area contributed by atoms with Crippen molar-refractivity contribution in [2.24, 2.45) is 11.8 Å². The van der Waals surface area contributed by atoms with E-state index < -0.39 is 61.6 Å². The Morgan fingerprint density at radius 2 is 1.09 bits per heavy atom. The molecule has 0 aromatic carbocycles. The van der Waals surface area contributed by atoms with Crippen molar-refractivity contribution in [1.29, 1.82) is 0 Å². The lowest BCUT2D eigenvalue weighted by Gasteiger charge is -2.44. The van der Waals surface area contributed by atoms with Crippen LogP contribution in [0, 0.1) is 11.8 Å². The van der Waals surface area contributed by atoms with Gasteiger partial charge in [-0.25, -0.2) is 0 Å². The Kier molecular flexibility index (Phi) is 5.03. The van der Waals surface area contributed by atoms with Crippen molar-refractivity contribution in [3.05, 3.63) is 12.8 Å². The third kappa shape index (κ3) is 3.29. The zero-order chi connectivity index (χ0) is 17.4. The van der Waals surface area contributed by atoms with E-state index in [1.54, 1.807) is 0 Å². The predicted molar refractivity (Wildman–Crippen MR) is 57.6 cm³/mol. The minimum atomic E-state index is -5.82. The highest BCUT2D eigenvalue weighted by atomic mass is 19.4. The molecule has 1 aliphatic carbocycles. The van der Waals surface area contributed by atoms with Gasteiger partial charge >= 0.3 is 18.5 Å². The van der Waals surface area contributed by atoms with E-state index in [2.05, 4.69) is 11.3 Å². The maximum Gasteiger partial charge on any atom is 0.437 e. The SMILES string of the molecule is C=COC(C1CCC(C(F)(F)F)CC1)(C(F)(F)F)C(F)(F)F. The summed E-state index contributed by atoms with van der Waals surface area (Å²) in [5.74, 6) is -4.05. The van der Waals surface area contributed by atoms with Crippen molar-refractivity contribution >= 4 is 0 Å². The quantitative estimate of drug-likeness (QED) is 0.493. The summed E-state index contributed by atoms with van der Waals surface area (Å²) < 4.78 is 120. The van der Waals surface area contributed by atoms with Crippen LogP contribution in [-0.4, -0.2) is 24.1 Å². The molecule has 1 rings (SSSR count). The normalized spacial score (nSPS) is 25.0. The Labute approximate surface area is 120 Å². The maximum atomic E-state index is 13.1. The third-order valence-electron chi connectivity index (χ3n) is 3.88. The van der Waals surface area contributed by atoms with E-state index in [-0.39, 0.29) is 6.26 Å². The molecule has 130 valence electrons. The van der Waals surface area contributed by atoms with Crippen molar-refractivity contribution in [1.82, 2.24) is 0 Å². The Hall–Kier alpha value is -1.09. The fourth-order valence-corrected chi connectivity index (χ4v) is 2.81. The van der Waals surface area contributed by atoms with Gasteiger partial charge in [-0.05, 0) is 25.7 Å². The molecular formula is C12H13F9O. The highest BCUT2D eigenvalue weighted by Crippen LogP contribution is 2.55. The summed E-state index contributed by atoms with van der Waals surface area (Å²) in [6, 6.07) is 0. The Balaban J connectivity index is 3.13. The maximum absolute atomic E-state index is 13.1. The summed E-state index contributed by atoms with van der Waals surface area (Å²) in [5, 5.41) is 0. The second-order valence-electron chi connectivity index (χ2n) is 5.11. The highest BCUT2D eigenvalue weighted by Gasteiger charge is 2.76. The van der Waals surface area contributed by atoms with Gasteiger partial charge in [0, 0.05) is 5.92 Å². The summed E-state index contributed by atoms with van der Waals surface area (Å²) in [6.45, 7) is 2.72. The summed E-state index contributed by atoms with van der Waals surface area (Å²) in [7, 11) is 0. The zero-order valence-electron chi connectivity index (χ0n) is 11.1. The van der Waals surface area contributed by atoms with Gasteiger partial charge in [-0.15, -0.1) is 0 Å². The van der Waals surface area contributed by atoms with Gasteiger partial charge in [0.25, 0.3) is 5.60 Å². The van der Waals surface area contributed by atoms with Gasteiger partial charge in [0.15, 0.2) is 0 Å². The summed E-state index contributed by atoms with van der Waals surface area (Å²) in [6.07, 6.45) is -19.6. The summed E-state index contributed by atoms with van der Waals surface area (Å²) in [5.41, 5.74) is -4.53. The number of rotatable bonds is 3. The van der Waals surface area contributed by atoms with Crippen molar-refractivity contribution in [2.45, 2.75) is 49.8 Å². The zero-order valence-corrected chi connectivity index (χ0v) is 11.1. The lowest BCUT2D eigenvalue weighted by Crippen LogP contribution is -2.63. The van der Waals surface area contributed by atoms with Gasteiger partial charge in [-0.1, -0.05) is 6.58 Å². The van der Waals surface area contributed by atoms with E-state index in [9.17, 15) is 39.5 Å². The van der Waals surface area contributed by atoms with E-state index in [1.807, 2.05) is 0 Å². The molecule has 0 aromatic heterocycles. The molecule has 0 aromatic rings. The van der Waals surface area contributed by atoms with Crippen LogP contribution in [0.1, 0.15) is 25.7 Å². The summed E-state index contributed by atoms with van der Waals surface area (Å²) in [4.78, 5) is 0. The largest absolute Gasteiger partial charge is 0.477 e. The molecule has 0 heterocycles. The van der Waals surface area contributed by atoms with Crippen LogP contribution in [0.25, 0.3) is 0 Å². The second-order valence-corrected chi connectivity index (χ2v) is 5.11.